The first-order valence-electron chi connectivity index (χ1n) is 6.19. The number of aryl methyl sites for hydroxylation is 1. The molecule has 0 spiro atoms. The van der Waals surface area contributed by atoms with Gasteiger partial charge in [0.25, 0.3) is 0 Å². The third-order valence-electron chi connectivity index (χ3n) is 3.67. The molecule has 1 saturated heterocycles. The van der Waals surface area contributed by atoms with Gasteiger partial charge >= 0.3 is 0 Å². The van der Waals surface area contributed by atoms with E-state index in [1.807, 2.05) is 12.1 Å². The molecule has 0 amide bonds. The number of benzene rings is 1. The molecule has 0 aromatic heterocycles. The molecule has 17 heavy (non-hydrogen) atoms. The Morgan fingerprint density at radius 2 is 2.12 bits per heavy atom. The number of nitrogens with two attached hydrogens (primary N) is 1. The van der Waals surface area contributed by atoms with Crippen molar-refractivity contribution in [2.45, 2.75) is 45.2 Å². The Hall–Kier alpha value is -0.730. The van der Waals surface area contributed by atoms with Gasteiger partial charge in [-0.05, 0) is 57.4 Å². The van der Waals surface area contributed by atoms with Crippen molar-refractivity contribution >= 4 is 17.3 Å². The van der Waals surface area contributed by atoms with E-state index in [9.17, 15) is 0 Å². The summed E-state index contributed by atoms with van der Waals surface area (Å²) in [6.45, 7) is 7.67. The van der Waals surface area contributed by atoms with E-state index in [1.54, 1.807) is 0 Å². The number of hydrogen-bond donors (Lipinski definition) is 1. The van der Waals surface area contributed by atoms with E-state index < -0.39 is 0 Å². The van der Waals surface area contributed by atoms with E-state index in [0.717, 1.165) is 24.4 Å². The smallest absolute Gasteiger partial charge is 0.0410 e. The molecule has 2 N–H and O–H groups in total. The molecule has 0 saturated carbocycles. The molecular formula is C14H21ClN2. The first kappa shape index (κ1) is 12.7. The van der Waals surface area contributed by atoms with Crippen LogP contribution in [-0.4, -0.2) is 18.1 Å². The van der Waals surface area contributed by atoms with Crippen molar-refractivity contribution < 1.29 is 0 Å². The highest BCUT2D eigenvalue weighted by Crippen LogP contribution is 2.34. The lowest BCUT2D eigenvalue weighted by Gasteiger charge is -2.47. The van der Waals surface area contributed by atoms with Crippen LogP contribution in [0, 0.1) is 6.92 Å². The van der Waals surface area contributed by atoms with Crippen molar-refractivity contribution in [1.82, 2.24) is 0 Å². The summed E-state index contributed by atoms with van der Waals surface area (Å²) in [6.07, 6.45) is 2.10. The van der Waals surface area contributed by atoms with Crippen molar-refractivity contribution in [2.24, 2.45) is 5.73 Å². The molecule has 0 radical (unpaired) electrons. The Labute approximate surface area is 109 Å². The van der Waals surface area contributed by atoms with Crippen LogP contribution in [0.1, 0.15) is 32.3 Å². The van der Waals surface area contributed by atoms with Gasteiger partial charge in [0.15, 0.2) is 0 Å². The minimum absolute atomic E-state index is 0.121. The number of piperidine rings is 1. The van der Waals surface area contributed by atoms with Gasteiger partial charge in [0.05, 0.1) is 0 Å². The molecule has 1 heterocycles. The van der Waals surface area contributed by atoms with Crippen LogP contribution in [-0.2, 0) is 0 Å². The molecule has 2 rings (SSSR count). The fourth-order valence-electron chi connectivity index (χ4n) is 2.82. The zero-order valence-electron chi connectivity index (χ0n) is 10.8. The molecule has 2 nitrogen and oxygen atoms in total. The Kier molecular flexibility index (Phi) is 3.37. The van der Waals surface area contributed by atoms with Crippen LogP contribution in [0.4, 0.5) is 5.69 Å². The summed E-state index contributed by atoms with van der Waals surface area (Å²) < 4.78 is 0. The van der Waals surface area contributed by atoms with Crippen molar-refractivity contribution in [3.63, 3.8) is 0 Å². The van der Waals surface area contributed by atoms with E-state index in [1.165, 1.54) is 11.3 Å². The molecule has 1 aromatic carbocycles. The molecule has 94 valence electrons. The lowest BCUT2D eigenvalue weighted by atomic mass is 9.86. The minimum Gasteiger partial charge on any atom is -0.366 e. The Bertz CT molecular complexity index is 415. The van der Waals surface area contributed by atoms with Crippen LogP contribution >= 0.6 is 11.6 Å². The number of rotatable bonds is 1. The summed E-state index contributed by atoms with van der Waals surface area (Å²) in [5.41, 5.74) is 8.71. The molecule has 0 aliphatic carbocycles. The van der Waals surface area contributed by atoms with Gasteiger partial charge in [0.1, 0.15) is 0 Å². The number of anilines is 1. The molecule has 0 bridgehead atoms. The van der Waals surface area contributed by atoms with Gasteiger partial charge in [-0.1, -0.05) is 11.6 Å². The fraction of sp³-hybridized carbons (Fsp3) is 0.571. The first-order valence-corrected chi connectivity index (χ1v) is 6.57. The molecule has 1 unspecified atom stereocenters. The van der Waals surface area contributed by atoms with Crippen LogP contribution in [0.15, 0.2) is 18.2 Å². The molecule has 1 fully saturated rings. The minimum atomic E-state index is 0.121. The second-order valence-corrected chi connectivity index (χ2v) is 6.08. The first-order chi connectivity index (χ1) is 7.90. The summed E-state index contributed by atoms with van der Waals surface area (Å²) >= 11 is 6.01. The normalized spacial score (nSPS) is 23.8. The van der Waals surface area contributed by atoms with Gasteiger partial charge in [-0.15, -0.1) is 0 Å². The number of hydrogen-bond acceptors (Lipinski definition) is 2. The topological polar surface area (TPSA) is 29.3 Å². The second-order valence-electron chi connectivity index (χ2n) is 5.65. The average molecular weight is 253 g/mol. The van der Waals surface area contributed by atoms with Gasteiger partial charge in [-0.2, -0.15) is 0 Å². The van der Waals surface area contributed by atoms with Crippen molar-refractivity contribution in [3.8, 4) is 0 Å². The number of nitrogens with zero attached hydrogens (tertiary/aromatic N) is 1. The van der Waals surface area contributed by atoms with E-state index >= 15 is 0 Å². The highest BCUT2D eigenvalue weighted by molar-refractivity contribution is 6.30. The highest BCUT2D eigenvalue weighted by atomic mass is 35.5. The van der Waals surface area contributed by atoms with Gasteiger partial charge < -0.3 is 10.6 Å². The quantitative estimate of drug-likeness (QED) is 0.831. The van der Waals surface area contributed by atoms with Crippen LogP contribution in [0.25, 0.3) is 0 Å². The summed E-state index contributed by atoms with van der Waals surface area (Å²) in [7, 11) is 0. The molecule has 1 aromatic rings. The maximum absolute atomic E-state index is 6.07. The van der Waals surface area contributed by atoms with Gasteiger partial charge in [0, 0.05) is 28.8 Å². The summed E-state index contributed by atoms with van der Waals surface area (Å²) in [6, 6.07) is 6.44. The zero-order valence-corrected chi connectivity index (χ0v) is 11.6. The average Bonchev–Trinajstić information content (AvgIpc) is 2.18. The molecule has 1 atom stereocenters. The molecule has 3 heteroatoms. The second kappa shape index (κ2) is 4.51. The SMILES string of the molecule is Cc1cc(Cl)ccc1N1CCC(N)CC1(C)C. The molecular weight excluding hydrogens is 232 g/mol. The summed E-state index contributed by atoms with van der Waals surface area (Å²) in [4.78, 5) is 2.46. The van der Waals surface area contributed by atoms with Gasteiger partial charge in [-0.25, -0.2) is 0 Å². The Morgan fingerprint density at radius 3 is 2.71 bits per heavy atom. The maximum atomic E-state index is 6.07. The predicted octanol–water partition coefficient (Wildman–Crippen LogP) is 3.35. The standard InChI is InChI=1S/C14H21ClN2/c1-10-8-11(15)4-5-13(10)17-7-6-12(16)9-14(17,2)3/h4-5,8,12H,6-7,9,16H2,1-3H3. The predicted molar refractivity (Wildman–Crippen MR) is 74.8 cm³/mol. The van der Waals surface area contributed by atoms with Crippen LogP contribution in [0.5, 0.6) is 0 Å². The van der Waals surface area contributed by atoms with Crippen LogP contribution in [0.3, 0.4) is 0 Å². The lowest BCUT2D eigenvalue weighted by molar-refractivity contribution is 0.327. The zero-order chi connectivity index (χ0) is 12.6. The third-order valence-corrected chi connectivity index (χ3v) is 3.90. The van der Waals surface area contributed by atoms with E-state index in [0.29, 0.717) is 6.04 Å². The van der Waals surface area contributed by atoms with Crippen molar-refractivity contribution in [3.05, 3.63) is 28.8 Å². The molecule has 1 aliphatic heterocycles. The maximum Gasteiger partial charge on any atom is 0.0410 e. The monoisotopic (exact) mass is 252 g/mol. The van der Waals surface area contributed by atoms with Crippen LogP contribution < -0.4 is 10.6 Å². The van der Waals surface area contributed by atoms with Gasteiger partial charge in [0.2, 0.25) is 0 Å². The van der Waals surface area contributed by atoms with E-state index in [2.05, 4.69) is 31.7 Å². The lowest BCUT2D eigenvalue weighted by Crippen LogP contribution is -2.53. The Morgan fingerprint density at radius 1 is 1.41 bits per heavy atom. The van der Waals surface area contributed by atoms with Crippen LogP contribution in [0.2, 0.25) is 5.02 Å². The van der Waals surface area contributed by atoms with E-state index in [-0.39, 0.29) is 5.54 Å². The van der Waals surface area contributed by atoms with E-state index in [4.69, 9.17) is 17.3 Å². The van der Waals surface area contributed by atoms with Gasteiger partial charge in [-0.3, -0.25) is 0 Å². The number of halogens is 1. The largest absolute Gasteiger partial charge is 0.366 e. The van der Waals surface area contributed by atoms with Crippen molar-refractivity contribution in [1.29, 1.82) is 0 Å². The third kappa shape index (κ3) is 2.58. The molecule has 1 aliphatic rings. The van der Waals surface area contributed by atoms with Crippen molar-refractivity contribution in [2.75, 3.05) is 11.4 Å². The fourth-order valence-corrected chi connectivity index (χ4v) is 3.05. The highest BCUT2D eigenvalue weighted by Gasteiger charge is 2.33. The summed E-state index contributed by atoms with van der Waals surface area (Å²) in [5, 5.41) is 0.803. The summed E-state index contributed by atoms with van der Waals surface area (Å²) in [5.74, 6) is 0. The Balaban J connectivity index is 2.33.